The molecule has 0 amide bonds. The van der Waals surface area contributed by atoms with Crippen LogP contribution in [0.1, 0.15) is 27.9 Å². The Bertz CT molecular complexity index is 372. The Morgan fingerprint density at radius 3 is 2.53 bits per heavy atom. The summed E-state index contributed by atoms with van der Waals surface area (Å²) in [4.78, 5) is 11.7. The van der Waals surface area contributed by atoms with Crippen molar-refractivity contribution in [3.8, 4) is 5.75 Å². The molecule has 0 atom stereocenters. The smallest absolute Gasteiger partial charge is 0.164 e. The molecule has 0 aliphatic heterocycles. The van der Waals surface area contributed by atoms with Crippen molar-refractivity contribution in [2.75, 3.05) is 13.0 Å². The number of benzene rings is 1. The standard InChI is InChI=1S/C12H15ClO2/c1-8-7-12(15-3)9(2)6-10(8)11(14)4-5-13/h6-7H,4-5H2,1-3H3. The van der Waals surface area contributed by atoms with Gasteiger partial charge in [-0.05, 0) is 37.1 Å². The van der Waals surface area contributed by atoms with Crippen molar-refractivity contribution >= 4 is 17.4 Å². The van der Waals surface area contributed by atoms with Gasteiger partial charge in [0.15, 0.2) is 5.78 Å². The van der Waals surface area contributed by atoms with Crippen LogP contribution in [0.4, 0.5) is 0 Å². The van der Waals surface area contributed by atoms with E-state index in [1.165, 1.54) is 0 Å². The van der Waals surface area contributed by atoms with Gasteiger partial charge in [0, 0.05) is 17.9 Å². The first-order chi connectivity index (χ1) is 7.10. The maximum atomic E-state index is 11.7. The lowest BCUT2D eigenvalue weighted by atomic mass is 10.00. The van der Waals surface area contributed by atoms with Crippen LogP contribution in [0.2, 0.25) is 0 Å². The van der Waals surface area contributed by atoms with Crippen LogP contribution >= 0.6 is 11.6 Å². The van der Waals surface area contributed by atoms with Gasteiger partial charge in [-0.2, -0.15) is 0 Å². The van der Waals surface area contributed by atoms with Crippen molar-refractivity contribution in [2.24, 2.45) is 0 Å². The fourth-order valence-electron chi connectivity index (χ4n) is 1.53. The minimum absolute atomic E-state index is 0.0910. The SMILES string of the molecule is COc1cc(C)c(C(=O)CCCl)cc1C. The summed E-state index contributed by atoms with van der Waals surface area (Å²) in [6.45, 7) is 3.83. The molecule has 0 saturated carbocycles. The van der Waals surface area contributed by atoms with Gasteiger partial charge in [0.2, 0.25) is 0 Å². The molecule has 0 aliphatic rings. The second kappa shape index (κ2) is 5.17. The van der Waals surface area contributed by atoms with Gasteiger partial charge in [-0.1, -0.05) is 0 Å². The molecule has 1 aromatic rings. The zero-order valence-corrected chi connectivity index (χ0v) is 10.0. The molecule has 0 saturated heterocycles. The first-order valence-electron chi connectivity index (χ1n) is 4.84. The Kier molecular flexibility index (Phi) is 4.15. The zero-order valence-electron chi connectivity index (χ0n) is 9.26. The monoisotopic (exact) mass is 226 g/mol. The molecule has 0 unspecified atom stereocenters. The van der Waals surface area contributed by atoms with Gasteiger partial charge in [0.25, 0.3) is 0 Å². The highest BCUT2D eigenvalue weighted by Gasteiger charge is 2.11. The molecule has 1 aromatic carbocycles. The third kappa shape index (κ3) is 2.72. The largest absolute Gasteiger partial charge is 0.496 e. The van der Waals surface area contributed by atoms with E-state index in [0.29, 0.717) is 12.3 Å². The van der Waals surface area contributed by atoms with Gasteiger partial charge in [0.05, 0.1) is 7.11 Å². The molecule has 1 rings (SSSR count). The highest BCUT2D eigenvalue weighted by Crippen LogP contribution is 2.23. The normalized spacial score (nSPS) is 10.1. The first kappa shape index (κ1) is 12.1. The number of ether oxygens (including phenoxy) is 1. The van der Waals surface area contributed by atoms with E-state index in [4.69, 9.17) is 16.3 Å². The lowest BCUT2D eigenvalue weighted by Crippen LogP contribution is -2.03. The molecule has 0 heterocycles. The summed E-state index contributed by atoms with van der Waals surface area (Å²) in [6.07, 6.45) is 0.383. The predicted octanol–water partition coefficient (Wildman–Crippen LogP) is 3.12. The first-order valence-corrected chi connectivity index (χ1v) is 5.38. The Balaban J connectivity index is 3.10. The molecule has 15 heavy (non-hydrogen) atoms. The van der Waals surface area contributed by atoms with Crippen LogP contribution in [-0.4, -0.2) is 18.8 Å². The fraction of sp³-hybridized carbons (Fsp3) is 0.417. The van der Waals surface area contributed by atoms with E-state index in [2.05, 4.69) is 0 Å². The zero-order chi connectivity index (χ0) is 11.4. The Labute approximate surface area is 95.2 Å². The van der Waals surface area contributed by atoms with Crippen molar-refractivity contribution in [3.63, 3.8) is 0 Å². The lowest BCUT2D eigenvalue weighted by molar-refractivity contribution is 0.0988. The van der Waals surface area contributed by atoms with Gasteiger partial charge in [-0.3, -0.25) is 4.79 Å². The number of hydrogen-bond donors (Lipinski definition) is 0. The summed E-state index contributed by atoms with van der Waals surface area (Å²) in [5, 5.41) is 0. The van der Waals surface area contributed by atoms with Crippen LogP contribution in [0, 0.1) is 13.8 Å². The Morgan fingerprint density at radius 1 is 1.33 bits per heavy atom. The van der Waals surface area contributed by atoms with E-state index in [1.807, 2.05) is 26.0 Å². The maximum Gasteiger partial charge on any atom is 0.164 e. The van der Waals surface area contributed by atoms with Crippen LogP contribution in [0.15, 0.2) is 12.1 Å². The summed E-state index contributed by atoms with van der Waals surface area (Å²) in [6, 6.07) is 3.75. The summed E-state index contributed by atoms with van der Waals surface area (Å²) < 4.78 is 5.18. The summed E-state index contributed by atoms with van der Waals surface area (Å²) in [5.74, 6) is 1.27. The number of hydrogen-bond acceptors (Lipinski definition) is 2. The quantitative estimate of drug-likeness (QED) is 0.583. The summed E-state index contributed by atoms with van der Waals surface area (Å²) in [5.41, 5.74) is 2.66. The number of alkyl halides is 1. The number of rotatable bonds is 4. The average molecular weight is 227 g/mol. The second-order valence-corrected chi connectivity index (χ2v) is 3.88. The average Bonchev–Trinajstić information content (AvgIpc) is 2.21. The predicted molar refractivity (Wildman–Crippen MR) is 62.1 cm³/mol. The van der Waals surface area contributed by atoms with Crippen molar-refractivity contribution in [1.29, 1.82) is 0 Å². The second-order valence-electron chi connectivity index (χ2n) is 3.50. The van der Waals surface area contributed by atoms with Gasteiger partial charge in [-0.25, -0.2) is 0 Å². The molecule has 0 spiro atoms. The minimum atomic E-state index is 0.0910. The molecule has 0 aliphatic carbocycles. The number of ketones is 1. The molecule has 0 aromatic heterocycles. The fourth-order valence-corrected chi connectivity index (χ4v) is 1.70. The Hall–Kier alpha value is -1.02. The van der Waals surface area contributed by atoms with Gasteiger partial charge in [0.1, 0.15) is 5.75 Å². The van der Waals surface area contributed by atoms with Gasteiger partial charge in [-0.15, -0.1) is 11.6 Å². The van der Waals surface area contributed by atoms with Gasteiger partial charge < -0.3 is 4.74 Å². The molecule has 0 fully saturated rings. The van der Waals surface area contributed by atoms with Crippen LogP contribution in [0.25, 0.3) is 0 Å². The van der Waals surface area contributed by atoms with E-state index in [-0.39, 0.29) is 5.78 Å². The van der Waals surface area contributed by atoms with Gasteiger partial charge >= 0.3 is 0 Å². The number of halogens is 1. The summed E-state index contributed by atoms with van der Waals surface area (Å²) >= 11 is 5.55. The third-order valence-electron chi connectivity index (χ3n) is 2.36. The minimum Gasteiger partial charge on any atom is -0.496 e. The molecule has 0 bridgehead atoms. The van der Waals surface area contributed by atoms with Crippen LogP contribution < -0.4 is 4.74 Å². The number of methoxy groups -OCH3 is 1. The lowest BCUT2D eigenvalue weighted by Gasteiger charge is -2.09. The number of carbonyl (C=O) groups excluding carboxylic acids is 1. The molecule has 0 radical (unpaired) electrons. The van der Waals surface area contributed by atoms with Crippen molar-refractivity contribution in [2.45, 2.75) is 20.3 Å². The van der Waals surface area contributed by atoms with E-state index < -0.39 is 0 Å². The summed E-state index contributed by atoms with van der Waals surface area (Å²) in [7, 11) is 1.63. The molecule has 3 heteroatoms. The van der Waals surface area contributed by atoms with Crippen molar-refractivity contribution in [3.05, 3.63) is 28.8 Å². The van der Waals surface area contributed by atoms with Crippen molar-refractivity contribution in [1.82, 2.24) is 0 Å². The topological polar surface area (TPSA) is 26.3 Å². The molecule has 2 nitrogen and oxygen atoms in total. The maximum absolute atomic E-state index is 11.7. The molecular formula is C12H15ClO2. The number of aryl methyl sites for hydroxylation is 2. The van der Waals surface area contributed by atoms with Crippen LogP contribution in [0.3, 0.4) is 0 Å². The highest BCUT2D eigenvalue weighted by atomic mass is 35.5. The van der Waals surface area contributed by atoms with E-state index in [9.17, 15) is 4.79 Å². The number of carbonyl (C=O) groups is 1. The van der Waals surface area contributed by atoms with Crippen LogP contribution in [-0.2, 0) is 0 Å². The van der Waals surface area contributed by atoms with E-state index in [1.54, 1.807) is 7.11 Å². The van der Waals surface area contributed by atoms with E-state index >= 15 is 0 Å². The third-order valence-corrected chi connectivity index (χ3v) is 2.55. The Morgan fingerprint density at radius 2 is 2.00 bits per heavy atom. The molecular weight excluding hydrogens is 212 g/mol. The van der Waals surface area contributed by atoms with E-state index in [0.717, 1.165) is 22.4 Å². The van der Waals surface area contributed by atoms with Crippen molar-refractivity contribution < 1.29 is 9.53 Å². The number of Topliss-reactive ketones (excluding diaryl/α,β-unsaturated/α-hetero) is 1. The molecule has 0 N–H and O–H groups in total. The molecule has 82 valence electrons. The highest BCUT2D eigenvalue weighted by molar-refractivity contribution is 6.19. The van der Waals surface area contributed by atoms with Crippen LogP contribution in [0.5, 0.6) is 5.75 Å².